The van der Waals surface area contributed by atoms with Crippen LogP contribution in [0, 0.1) is 26.1 Å². The van der Waals surface area contributed by atoms with Crippen molar-refractivity contribution in [2.45, 2.75) is 26.2 Å². The number of benzene rings is 2. The molecule has 2 rings (SSSR count). The maximum atomic E-state index is 10.4. The monoisotopic (exact) mass is 374 g/mol. The third kappa shape index (κ3) is 7.93. The van der Waals surface area contributed by atoms with Crippen LogP contribution >= 0.6 is 0 Å². The number of non-ortho nitro benzene ring substituents is 2. The average molecular weight is 374 g/mol. The summed E-state index contributed by atoms with van der Waals surface area (Å²) < 4.78 is 0. The molecule has 0 fully saturated rings. The van der Waals surface area contributed by atoms with Gasteiger partial charge in [-0.1, -0.05) is 37.6 Å². The molecule has 146 valence electrons. The van der Waals surface area contributed by atoms with Crippen molar-refractivity contribution >= 4 is 11.4 Å². The first-order chi connectivity index (χ1) is 12.9. The molecule has 0 aliphatic rings. The van der Waals surface area contributed by atoms with Gasteiger partial charge >= 0.3 is 0 Å². The van der Waals surface area contributed by atoms with Gasteiger partial charge in [0.25, 0.3) is 11.4 Å². The van der Waals surface area contributed by atoms with Crippen LogP contribution in [0.5, 0.6) is 0 Å². The summed E-state index contributed by atoms with van der Waals surface area (Å²) in [7, 11) is 0. The third-order valence-electron chi connectivity index (χ3n) is 4.02. The molecule has 0 aromatic heterocycles. The lowest BCUT2D eigenvalue weighted by Crippen LogP contribution is -2.25. The first-order valence-corrected chi connectivity index (χ1v) is 8.78. The van der Waals surface area contributed by atoms with E-state index in [0.29, 0.717) is 13.1 Å². The highest BCUT2D eigenvalue weighted by atomic mass is 16.6. The number of nitro groups is 2. The topological polar surface area (TPSA) is 138 Å². The molecule has 0 unspecified atom stereocenters. The van der Waals surface area contributed by atoms with Gasteiger partial charge < -0.3 is 11.5 Å². The van der Waals surface area contributed by atoms with Gasteiger partial charge in [0.05, 0.1) is 9.85 Å². The Bertz CT molecular complexity index is 713. The summed E-state index contributed by atoms with van der Waals surface area (Å²) in [6, 6.07) is 13.2. The molecule has 0 aliphatic heterocycles. The van der Waals surface area contributed by atoms with Gasteiger partial charge in [-0.25, -0.2) is 0 Å². The summed E-state index contributed by atoms with van der Waals surface area (Å²) in [4.78, 5) is 19.9. The zero-order valence-corrected chi connectivity index (χ0v) is 15.4. The predicted molar refractivity (Wildman–Crippen MR) is 105 cm³/mol. The van der Waals surface area contributed by atoms with E-state index in [4.69, 9.17) is 11.5 Å². The first kappa shape index (κ1) is 22.2. The van der Waals surface area contributed by atoms with Gasteiger partial charge in [0.2, 0.25) is 0 Å². The fourth-order valence-corrected chi connectivity index (χ4v) is 2.42. The molecule has 0 saturated carbocycles. The Morgan fingerprint density at radius 2 is 1.22 bits per heavy atom. The summed E-state index contributed by atoms with van der Waals surface area (Å²) in [6.45, 7) is 3.16. The molecule has 0 heterocycles. The number of hydrogen-bond donors (Lipinski definition) is 2. The highest BCUT2D eigenvalue weighted by Crippen LogP contribution is 2.14. The lowest BCUT2D eigenvalue weighted by molar-refractivity contribution is -0.385. The quantitative estimate of drug-likeness (QED) is 0.537. The number of nitro benzene ring substituents is 2. The van der Waals surface area contributed by atoms with Crippen LogP contribution in [0.3, 0.4) is 0 Å². The summed E-state index contributed by atoms with van der Waals surface area (Å²) in [5, 5.41) is 20.7. The smallest absolute Gasteiger partial charge is 0.269 e. The van der Waals surface area contributed by atoms with Crippen LogP contribution in [0.4, 0.5) is 11.4 Å². The van der Waals surface area contributed by atoms with Crippen molar-refractivity contribution in [1.29, 1.82) is 0 Å². The number of rotatable bonds is 8. The minimum atomic E-state index is -0.410. The van der Waals surface area contributed by atoms with Gasteiger partial charge in [-0.05, 0) is 43.0 Å². The molecule has 0 aliphatic carbocycles. The average Bonchev–Trinajstić information content (AvgIpc) is 2.67. The first-order valence-electron chi connectivity index (χ1n) is 8.78. The van der Waals surface area contributed by atoms with Crippen molar-refractivity contribution in [3.63, 3.8) is 0 Å². The van der Waals surface area contributed by atoms with Crippen molar-refractivity contribution < 1.29 is 9.85 Å². The zero-order valence-electron chi connectivity index (χ0n) is 15.4. The number of nitrogens with zero attached hydrogens (tertiary/aromatic N) is 2. The molecular formula is C19H26N4O4. The molecule has 0 radical (unpaired) electrons. The highest BCUT2D eigenvalue weighted by molar-refractivity contribution is 5.33. The molecule has 2 aromatic rings. The molecule has 0 spiro atoms. The largest absolute Gasteiger partial charge is 0.330 e. The summed E-state index contributed by atoms with van der Waals surface area (Å²) in [5.74, 6) is 0.242. The van der Waals surface area contributed by atoms with E-state index in [-0.39, 0.29) is 22.2 Å². The van der Waals surface area contributed by atoms with Crippen LogP contribution in [0.2, 0.25) is 0 Å². The predicted octanol–water partition coefficient (Wildman–Crippen LogP) is 3.22. The fraction of sp³-hybridized carbons (Fsp3) is 0.368. The molecule has 0 saturated heterocycles. The fourth-order valence-electron chi connectivity index (χ4n) is 2.42. The Morgan fingerprint density at radius 3 is 1.56 bits per heavy atom. The van der Waals surface area contributed by atoms with E-state index in [0.717, 1.165) is 30.4 Å². The van der Waals surface area contributed by atoms with E-state index in [9.17, 15) is 20.2 Å². The second-order valence-corrected chi connectivity index (χ2v) is 6.14. The Labute approximate surface area is 158 Å². The normalized spacial score (nSPS) is 10.2. The number of aryl methyl sites for hydroxylation is 1. The Morgan fingerprint density at radius 1 is 0.815 bits per heavy atom. The zero-order chi connectivity index (χ0) is 20.2. The van der Waals surface area contributed by atoms with Crippen LogP contribution in [0.15, 0.2) is 48.5 Å². The molecule has 0 atom stereocenters. The maximum Gasteiger partial charge on any atom is 0.269 e. The Balaban J connectivity index is 0.000000277. The van der Waals surface area contributed by atoms with Crippen LogP contribution in [-0.2, 0) is 12.8 Å². The van der Waals surface area contributed by atoms with Crippen LogP contribution < -0.4 is 11.5 Å². The van der Waals surface area contributed by atoms with Gasteiger partial charge in [-0.2, -0.15) is 0 Å². The Kier molecular flexibility index (Phi) is 9.63. The minimum Gasteiger partial charge on any atom is -0.330 e. The van der Waals surface area contributed by atoms with E-state index in [1.54, 1.807) is 24.3 Å². The standard InChI is InChI=1S/C10H15N3O2.C9H11NO2/c11-6-9(7-12)5-8-1-3-10(4-2-8)13(14)15;1-2-3-8-4-6-9(7-5-8)10(11)12/h1-4,9H,5-7,11-12H2;4-7H,2-3H2,1H3. The molecule has 8 heteroatoms. The molecule has 0 bridgehead atoms. The Hall–Kier alpha value is -2.84. The van der Waals surface area contributed by atoms with Crippen molar-refractivity contribution in [1.82, 2.24) is 0 Å². The highest BCUT2D eigenvalue weighted by Gasteiger charge is 2.08. The summed E-state index contributed by atoms with van der Waals surface area (Å²) in [6.07, 6.45) is 2.82. The lowest BCUT2D eigenvalue weighted by atomic mass is 9.99. The van der Waals surface area contributed by atoms with Gasteiger partial charge in [0, 0.05) is 24.3 Å². The van der Waals surface area contributed by atoms with E-state index in [1.165, 1.54) is 12.1 Å². The van der Waals surface area contributed by atoms with E-state index in [1.807, 2.05) is 12.1 Å². The summed E-state index contributed by atoms with van der Waals surface area (Å²) >= 11 is 0. The van der Waals surface area contributed by atoms with Crippen LogP contribution in [0.25, 0.3) is 0 Å². The van der Waals surface area contributed by atoms with Gasteiger partial charge in [-0.3, -0.25) is 20.2 Å². The van der Waals surface area contributed by atoms with Gasteiger partial charge in [0.1, 0.15) is 0 Å². The minimum absolute atomic E-state index is 0.107. The molecule has 2 aromatic carbocycles. The SMILES string of the molecule is CCCc1ccc([N+](=O)[O-])cc1.NCC(CN)Cc1ccc([N+](=O)[O-])cc1. The second kappa shape index (κ2) is 11.7. The van der Waals surface area contributed by atoms with E-state index >= 15 is 0 Å². The second-order valence-electron chi connectivity index (χ2n) is 6.14. The van der Waals surface area contributed by atoms with Crippen molar-refractivity contribution in [2.24, 2.45) is 17.4 Å². The van der Waals surface area contributed by atoms with Crippen molar-refractivity contribution in [3.05, 3.63) is 79.9 Å². The lowest BCUT2D eigenvalue weighted by Gasteiger charge is -2.11. The number of hydrogen-bond acceptors (Lipinski definition) is 6. The third-order valence-corrected chi connectivity index (χ3v) is 4.02. The molecule has 4 N–H and O–H groups in total. The van der Waals surface area contributed by atoms with Crippen molar-refractivity contribution in [3.8, 4) is 0 Å². The van der Waals surface area contributed by atoms with Crippen LogP contribution in [-0.4, -0.2) is 22.9 Å². The summed E-state index contributed by atoms with van der Waals surface area (Å²) in [5.41, 5.74) is 13.5. The molecular weight excluding hydrogens is 348 g/mol. The van der Waals surface area contributed by atoms with Gasteiger partial charge in [0.15, 0.2) is 0 Å². The van der Waals surface area contributed by atoms with E-state index in [2.05, 4.69) is 6.92 Å². The maximum absolute atomic E-state index is 10.4. The molecule has 27 heavy (non-hydrogen) atoms. The van der Waals surface area contributed by atoms with Crippen molar-refractivity contribution in [2.75, 3.05) is 13.1 Å². The van der Waals surface area contributed by atoms with E-state index < -0.39 is 4.92 Å². The molecule has 0 amide bonds. The van der Waals surface area contributed by atoms with Gasteiger partial charge in [-0.15, -0.1) is 0 Å². The number of nitrogens with two attached hydrogens (primary N) is 2. The molecule has 8 nitrogen and oxygen atoms in total. The van der Waals surface area contributed by atoms with Crippen LogP contribution in [0.1, 0.15) is 24.5 Å².